The summed E-state index contributed by atoms with van der Waals surface area (Å²) in [4.78, 5) is 25.4. The lowest BCUT2D eigenvalue weighted by Gasteiger charge is -2.33. The van der Waals surface area contributed by atoms with Gasteiger partial charge in [-0.25, -0.2) is 0 Å². The van der Waals surface area contributed by atoms with E-state index in [1.54, 1.807) is 13.3 Å². The maximum atomic E-state index is 13.0. The molecule has 0 unspecified atom stereocenters. The SMILES string of the molecule is COc1cncc(O[C@H]2CCCN(C(=O)c3ccc(N4CCOCC4)cc3)C2)n1. The lowest BCUT2D eigenvalue weighted by Crippen LogP contribution is -2.44. The summed E-state index contributed by atoms with van der Waals surface area (Å²) < 4.78 is 16.4. The van der Waals surface area contributed by atoms with E-state index >= 15 is 0 Å². The van der Waals surface area contributed by atoms with Crippen LogP contribution in [-0.4, -0.2) is 73.4 Å². The molecule has 0 bridgehead atoms. The van der Waals surface area contributed by atoms with Crippen molar-refractivity contribution in [2.24, 2.45) is 0 Å². The molecule has 0 saturated carbocycles. The summed E-state index contributed by atoms with van der Waals surface area (Å²) in [5, 5.41) is 0. The van der Waals surface area contributed by atoms with Crippen LogP contribution in [0.1, 0.15) is 23.2 Å². The van der Waals surface area contributed by atoms with Crippen molar-refractivity contribution in [1.29, 1.82) is 0 Å². The highest BCUT2D eigenvalue weighted by atomic mass is 16.5. The summed E-state index contributed by atoms with van der Waals surface area (Å²) >= 11 is 0. The summed E-state index contributed by atoms with van der Waals surface area (Å²) in [6.45, 7) is 4.51. The number of likely N-dealkylation sites (tertiary alicyclic amines) is 1. The molecule has 2 saturated heterocycles. The summed E-state index contributed by atoms with van der Waals surface area (Å²) in [5.74, 6) is 0.855. The Hall–Kier alpha value is -2.87. The van der Waals surface area contributed by atoms with Crippen LogP contribution in [0.4, 0.5) is 5.69 Å². The molecule has 1 atom stereocenters. The van der Waals surface area contributed by atoms with Gasteiger partial charge in [0.1, 0.15) is 6.10 Å². The molecular weight excluding hydrogens is 372 g/mol. The van der Waals surface area contributed by atoms with Crippen molar-refractivity contribution in [1.82, 2.24) is 14.9 Å². The van der Waals surface area contributed by atoms with Gasteiger partial charge in [0.2, 0.25) is 11.8 Å². The maximum Gasteiger partial charge on any atom is 0.253 e. The van der Waals surface area contributed by atoms with Gasteiger partial charge >= 0.3 is 0 Å². The quantitative estimate of drug-likeness (QED) is 0.762. The zero-order chi connectivity index (χ0) is 20.1. The van der Waals surface area contributed by atoms with Crippen molar-refractivity contribution in [3.63, 3.8) is 0 Å². The first kappa shape index (κ1) is 19.4. The van der Waals surface area contributed by atoms with E-state index in [4.69, 9.17) is 14.2 Å². The van der Waals surface area contributed by atoms with E-state index < -0.39 is 0 Å². The molecule has 1 aromatic heterocycles. The number of amides is 1. The number of hydrogen-bond donors (Lipinski definition) is 0. The standard InChI is InChI=1S/C21H26N4O4/c1-27-19-13-22-14-20(23-19)29-18-3-2-8-25(15-18)21(26)16-4-6-17(7-5-16)24-9-11-28-12-10-24/h4-7,13-14,18H,2-3,8-12,15H2,1H3/t18-/m0/s1. The largest absolute Gasteiger partial charge is 0.480 e. The van der Waals surface area contributed by atoms with Gasteiger partial charge in [0.25, 0.3) is 5.91 Å². The molecule has 1 aromatic carbocycles. The normalized spacial score (nSPS) is 19.7. The molecule has 0 N–H and O–H groups in total. The second-order valence-electron chi connectivity index (χ2n) is 7.18. The highest BCUT2D eigenvalue weighted by Gasteiger charge is 2.26. The number of hydrogen-bond acceptors (Lipinski definition) is 7. The zero-order valence-corrected chi connectivity index (χ0v) is 16.6. The summed E-state index contributed by atoms with van der Waals surface area (Å²) in [5.41, 5.74) is 1.82. The number of carbonyl (C=O) groups is 1. The van der Waals surface area contributed by atoms with Crippen LogP contribution in [0.2, 0.25) is 0 Å². The fourth-order valence-corrected chi connectivity index (χ4v) is 3.69. The Labute approximate surface area is 170 Å². The Morgan fingerprint density at radius 1 is 1.10 bits per heavy atom. The van der Waals surface area contributed by atoms with E-state index in [0.29, 0.717) is 23.9 Å². The van der Waals surface area contributed by atoms with E-state index in [-0.39, 0.29) is 12.0 Å². The number of carbonyl (C=O) groups excluding carboxylic acids is 1. The van der Waals surface area contributed by atoms with Gasteiger partial charge in [0.15, 0.2) is 0 Å². The van der Waals surface area contributed by atoms with Gasteiger partial charge < -0.3 is 24.0 Å². The molecule has 3 heterocycles. The minimum Gasteiger partial charge on any atom is -0.480 e. The fourth-order valence-electron chi connectivity index (χ4n) is 3.69. The molecule has 0 radical (unpaired) electrons. The molecule has 2 aliphatic rings. The second kappa shape index (κ2) is 9.09. The molecule has 2 aromatic rings. The zero-order valence-electron chi connectivity index (χ0n) is 16.6. The van der Waals surface area contributed by atoms with Crippen LogP contribution in [0.3, 0.4) is 0 Å². The Kier molecular flexibility index (Phi) is 6.09. The van der Waals surface area contributed by atoms with Crippen LogP contribution in [-0.2, 0) is 4.74 Å². The van der Waals surface area contributed by atoms with Crippen LogP contribution in [0.15, 0.2) is 36.7 Å². The number of rotatable bonds is 5. The molecule has 0 aliphatic carbocycles. The van der Waals surface area contributed by atoms with Crippen LogP contribution in [0.25, 0.3) is 0 Å². The van der Waals surface area contributed by atoms with Crippen LogP contribution in [0.5, 0.6) is 11.8 Å². The summed E-state index contributed by atoms with van der Waals surface area (Å²) in [6, 6.07) is 7.85. The molecule has 1 amide bonds. The average molecular weight is 398 g/mol. The highest BCUT2D eigenvalue weighted by molar-refractivity contribution is 5.94. The molecular formula is C21H26N4O4. The van der Waals surface area contributed by atoms with Gasteiger partial charge in [-0.1, -0.05) is 0 Å². The predicted octanol–water partition coefficient (Wildman–Crippen LogP) is 2.01. The van der Waals surface area contributed by atoms with Crippen LogP contribution in [0, 0.1) is 0 Å². The van der Waals surface area contributed by atoms with Crippen molar-refractivity contribution in [2.75, 3.05) is 51.4 Å². The number of methoxy groups -OCH3 is 1. The lowest BCUT2D eigenvalue weighted by molar-refractivity contribution is 0.0525. The topological polar surface area (TPSA) is 77.0 Å². The minimum atomic E-state index is -0.110. The highest BCUT2D eigenvalue weighted by Crippen LogP contribution is 2.21. The second-order valence-corrected chi connectivity index (χ2v) is 7.18. The molecule has 0 spiro atoms. The summed E-state index contributed by atoms with van der Waals surface area (Å²) in [7, 11) is 1.54. The average Bonchev–Trinajstić information content (AvgIpc) is 2.79. The minimum absolute atomic E-state index is 0.0311. The molecule has 4 rings (SSSR count). The monoisotopic (exact) mass is 398 g/mol. The molecule has 2 fully saturated rings. The molecule has 154 valence electrons. The van der Waals surface area contributed by atoms with Gasteiger partial charge in [-0.2, -0.15) is 4.98 Å². The van der Waals surface area contributed by atoms with Gasteiger partial charge in [-0.05, 0) is 37.1 Å². The third-order valence-corrected chi connectivity index (χ3v) is 5.24. The number of piperidine rings is 1. The van der Waals surface area contributed by atoms with Crippen LogP contribution < -0.4 is 14.4 Å². The first-order valence-electron chi connectivity index (χ1n) is 9.97. The Morgan fingerprint density at radius 3 is 2.62 bits per heavy atom. The van der Waals surface area contributed by atoms with Crippen molar-refractivity contribution in [3.8, 4) is 11.8 Å². The summed E-state index contributed by atoms with van der Waals surface area (Å²) in [6.07, 6.45) is 4.75. The Bertz CT molecular complexity index is 824. The maximum absolute atomic E-state index is 13.0. The number of benzene rings is 1. The van der Waals surface area contributed by atoms with Crippen LogP contribution >= 0.6 is 0 Å². The van der Waals surface area contributed by atoms with E-state index in [9.17, 15) is 4.79 Å². The van der Waals surface area contributed by atoms with Gasteiger partial charge in [-0.15, -0.1) is 0 Å². The first-order chi connectivity index (χ1) is 14.2. The third-order valence-electron chi connectivity index (χ3n) is 5.24. The molecule has 29 heavy (non-hydrogen) atoms. The van der Waals surface area contributed by atoms with Gasteiger partial charge in [0.05, 0.1) is 39.3 Å². The Morgan fingerprint density at radius 2 is 1.86 bits per heavy atom. The molecule has 2 aliphatic heterocycles. The van der Waals surface area contributed by atoms with Gasteiger partial charge in [0, 0.05) is 30.9 Å². The number of aromatic nitrogens is 2. The molecule has 8 heteroatoms. The number of anilines is 1. The smallest absolute Gasteiger partial charge is 0.253 e. The first-order valence-corrected chi connectivity index (χ1v) is 9.97. The fraction of sp³-hybridized carbons (Fsp3) is 0.476. The van der Waals surface area contributed by atoms with Gasteiger partial charge in [-0.3, -0.25) is 9.78 Å². The Balaban J connectivity index is 1.37. The predicted molar refractivity (Wildman–Crippen MR) is 108 cm³/mol. The number of ether oxygens (including phenoxy) is 3. The van der Waals surface area contributed by atoms with Crippen molar-refractivity contribution in [3.05, 3.63) is 42.2 Å². The number of nitrogens with zero attached hydrogens (tertiary/aromatic N) is 4. The third kappa shape index (κ3) is 4.76. The van der Waals surface area contributed by atoms with E-state index in [1.165, 1.54) is 6.20 Å². The van der Waals surface area contributed by atoms with E-state index in [0.717, 1.165) is 51.4 Å². The van der Waals surface area contributed by atoms with Crippen molar-refractivity contribution < 1.29 is 19.0 Å². The van der Waals surface area contributed by atoms with E-state index in [2.05, 4.69) is 14.9 Å². The van der Waals surface area contributed by atoms with E-state index in [1.807, 2.05) is 29.2 Å². The van der Waals surface area contributed by atoms with Crippen molar-refractivity contribution in [2.45, 2.75) is 18.9 Å². The molecule has 8 nitrogen and oxygen atoms in total. The van der Waals surface area contributed by atoms with Crippen molar-refractivity contribution >= 4 is 11.6 Å². The number of morpholine rings is 1. The lowest BCUT2D eigenvalue weighted by atomic mass is 10.1.